The molecule has 0 spiro atoms. The van der Waals surface area contributed by atoms with Crippen LogP contribution in [0.15, 0.2) is 0 Å². The van der Waals surface area contributed by atoms with Crippen molar-refractivity contribution >= 4 is 17.9 Å². The maximum atomic E-state index is 10.6. The number of hydrogen-bond donors (Lipinski definition) is 0. The maximum absolute atomic E-state index is 10.6. The van der Waals surface area contributed by atoms with E-state index in [9.17, 15) is 29.7 Å². The Hall–Kier alpha value is -0.356. The molecule has 0 radical (unpaired) electrons. The molecular weight excluding hydrogens is 625 g/mol. The summed E-state index contributed by atoms with van der Waals surface area (Å²) in [6, 6.07) is 0. The quantitative estimate of drug-likeness (QED) is 0.184. The van der Waals surface area contributed by atoms with Crippen LogP contribution in [0.4, 0.5) is 0 Å². The summed E-state index contributed by atoms with van der Waals surface area (Å²) in [7, 11) is 0. The number of unbranched alkanes of at least 4 members (excludes halogenated alkanes) is 9. The molecule has 0 aromatic carbocycles. The predicted octanol–water partition coefficient (Wildman–Crippen LogP) is 5.20. The molecule has 0 amide bonds. The first-order chi connectivity index (χ1) is 16.5. The Morgan fingerprint density at radius 3 is 0.757 bits per heavy atom. The standard InChI is InChI=1S/3C10H20O2.Tm/c3*1-4-5-6-7-8-10(2,3)9(11)12;/h3*4-8H2,1-3H3,(H,11,12);/q;;;+3/p-3. The van der Waals surface area contributed by atoms with E-state index in [1.54, 1.807) is 41.5 Å². The van der Waals surface area contributed by atoms with Gasteiger partial charge in [0.05, 0.1) is 0 Å². The second-order valence-corrected chi connectivity index (χ2v) is 11.9. The van der Waals surface area contributed by atoms with Crippen molar-refractivity contribution in [3.63, 3.8) is 0 Å². The van der Waals surface area contributed by atoms with E-state index < -0.39 is 34.2 Å². The van der Waals surface area contributed by atoms with Crippen LogP contribution in [-0.2, 0) is 14.4 Å². The van der Waals surface area contributed by atoms with Crippen molar-refractivity contribution in [2.45, 2.75) is 159 Å². The molecular formula is C30H57O6Tm. The Labute approximate surface area is 258 Å². The zero-order valence-corrected chi connectivity index (χ0v) is 27.1. The van der Waals surface area contributed by atoms with Crippen LogP contribution in [0.5, 0.6) is 0 Å². The number of carbonyl (C=O) groups excluding carboxylic acids is 3. The van der Waals surface area contributed by atoms with Crippen LogP contribution in [0.1, 0.15) is 159 Å². The fourth-order valence-electron chi connectivity index (χ4n) is 3.29. The summed E-state index contributed by atoms with van der Waals surface area (Å²) < 4.78 is 0. The summed E-state index contributed by atoms with van der Waals surface area (Å²) in [5.41, 5.74) is -1.94. The first-order valence-electron chi connectivity index (χ1n) is 14.2. The molecule has 37 heavy (non-hydrogen) atoms. The van der Waals surface area contributed by atoms with Crippen LogP contribution < -0.4 is 15.3 Å². The summed E-state index contributed by atoms with van der Waals surface area (Å²) in [4.78, 5) is 31.7. The monoisotopic (exact) mass is 682 g/mol. The van der Waals surface area contributed by atoms with Crippen LogP contribution >= 0.6 is 0 Å². The van der Waals surface area contributed by atoms with E-state index in [1.807, 2.05) is 0 Å². The third kappa shape index (κ3) is 27.0. The van der Waals surface area contributed by atoms with E-state index in [2.05, 4.69) is 20.8 Å². The minimum Gasteiger partial charge on any atom is -0.550 e. The van der Waals surface area contributed by atoms with Gasteiger partial charge in [0, 0.05) is 34.2 Å². The minimum atomic E-state index is -0.931. The van der Waals surface area contributed by atoms with Crippen molar-refractivity contribution in [3.8, 4) is 0 Å². The summed E-state index contributed by atoms with van der Waals surface area (Å²) >= 11 is 0. The molecule has 0 aliphatic rings. The SMILES string of the molecule is CCCCCCC(C)(C)C(=O)[O-].CCCCCCC(C)(C)C(=O)[O-].CCCCCCC(C)(C)C(=O)[O-].[Tm+3]. The van der Waals surface area contributed by atoms with E-state index in [0.29, 0.717) is 0 Å². The average molecular weight is 683 g/mol. The van der Waals surface area contributed by atoms with Gasteiger partial charge in [0.15, 0.2) is 0 Å². The molecule has 0 aromatic rings. The van der Waals surface area contributed by atoms with Crippen molar-refractivity contribution in [2.24, 2.45) is 16.2 Å². The van der Waals surface area contributed by atoms with E-state index in [-0.39, 0.29) is 36.9 Å². The number of carbonyl (C=O) groups is 3. The normalized spacial score (nSPS) is 11.3. The van der Waals surface area contributed by atoms with Gasteiger partial charge in [-0.25, -0.2) is 0 Å². The van der Waals surface area contributed by atoms with Gasteiger partial charge in [0.2, 0.25) is 0 Å². The Morgan fingerprint density at radius 2 is 0.622 bits per heavy atom. The topological polar surface area (TPSA) is 120 Å². The summed E-state index contributed by atoms with van der Waals surface area (Å²) in [5, 5.41) is 31.7. The van der Waals surface area contributed by atoms with Crippen molar-refractivity contribution < 1.29 is 66.6 Å². The minimum absolute atomic E-state index is 0. The van der Waals surface area contributed by atoms with E-state index in [0.717, 1.165) is 57.8 Å². The molecule has 0 heterocycles. The second-order valence-electron chi connectivity index (χ2n) is 11.9. The van der Waals surface area contributed by atoms with Crippen molar-refractivity contribution in [2.75, 3.05) is 0 Å². The third-order valence-electron chi connectivity index (χ3n) is 6.62. The molecule has 0 saturated heterocycles. The largest absolute Gasteiger partial charge is 3.00 e. The third-order valence-corrected chi connectivity index (χ3v) is 6.62. The van der Waals surface area contributed by atoms with E-state index in [1.165, 1.54) is 38.5 Å². The van der Waals surface area contributed by atoms with Gasteiger partial charge in [0.25, 0.3) is 0 Å². The number of aliphatic carboxylic acids is 3. The zero-order chi connectivity index (χ0) is 28.8. The van der Waals surface area contributed by atoms with E-state index in [4.69, 9.17) is 0 Å². The van der Waals surface area contributed by atoms with Crippen molar-refractivity contribution in [1.82, 2.24) is 0 Å². The average Bonchev–Trinajstić information content (AvgIpc) is 2.78. The van der Waals surface area contributed by atoms with Gasteiger partial charge in [-0.2, -0.15) is 0 Å². The Kier molecular flexibility index (Phi) is 29.1. The van der Waals surface area contributed by atoms with Crippen molar-refractivity contribution in [3.05, 3.63) is 0 Å². The van der Waals surface area contributed by atoms with Gasteiger partial charge in [-0.15, -0.1) is 0 Å². The van der Waals surface area contributed by atoms with Crippen molar-refractivity contribution in [1.29, 1.82) is 0 Å². The first-order valence-corrected chi connectivity index (χ1v) is 14.2. The fourth-order valence-corrected chi connectivity index (χ4v) is 3.29. The van der Waals surface area contributed by atoms with Crippen LogP contribution in [-0.4, -0.2) is 17.9 Å². The smallest absolute Gasteiger partial charge is 0.550 e. The molecule has 0 unspecified atom stereocenters. The number of rotatable bonds is 18. The van der Waals surface area contributed by atoms with Crippen LogP contribution in [0, 0.1) is 53.1 Å². The molecule has 7 heteroatoms. The summed E-state index contributed by atoms with van der Waals surface area (Å²) in [6.45, 7) is 16.8. The van der Waals surface area contributed by atoms with E-state index >= 15 is 0 Å². The Morgan fingerprint density at radius 1 is 0.432 bits per heavy atom. The van der Waals surface area contributed by atoms with Gasteiger partial charge in [-0.1, -0.05) is 139 Å². The molecule has 0 aromatic heterocycles. The molecule has 226 valence electrons. The zero-order valence-electron chi connectivity index (χ0n) is 25.3. The molecule has 0 saturated carbocycles. The first kappa shape index (κ1) is 43.7. The molecule has 0 aliphatic heterocycles. The van der Waals surface area contributed by atoms with Gasteiger partial charge >= 0.3 is 36.9 Å². The maximum Gasteiger partial charge on any atom is 3.00 e. The fraction of sp³-hybridized carbons (Fsp3) is 0.900. The molecule has 0 fully saturated rings. The van der Waals surface area contributed by atoms with Crippen LogP contribution in [0.2, 0.25) is 0 Å². The molecule has 6 nitrogen and oxygen atoms in total. The van der Waals surface area contributed by atoms with Gasteiger partial charge in [0.1, 0.15) is 0 Å². The Bertz CT molecular complexity index is 504. The molecule has 0 N–H and O–H groups in total. The summed E-state index contributed by atoms with van der Waals surface area (Å²) in [5.74, 6) is -2.79. The summed E-state index contributed by atoms with van der Waals surface area (Å²) in [6.07, 6.45) is 15.7. The number of carboxylic acid groups (broad SMARTS) is 3. The number of carboxylic acids is 3. The molecule has 0 bridgehead atoms. The van der Waals surface area contributed by atoms with Gasteiger partial charge < -0.3 is 29.7 Å². The molecule has 0 aliphatic carbocycles. The van der Waals surface area contributed by atoms with Gasteiger partial charge in [-0.05, 0) is 19.3 Å². The predicted molar refractivity (Wildman–Crippen MR) is 143 cm³/mol. The van der Waals surface area contributed by atoms with Crippen LogP contribution in [0.3, 0.4) is 0 Å². The molecule has 0 rings (SSSR count). The molecule has 0 atom stereocenters. The van der Waals surface area contributed by atoms with Crippen LogP contribution in [0.25, 0.3) is 0 Å². The van der Waals surface area contributed by atoms with Gasteiger partial charge in [-0.3, -0.25) is 0 Å². The Balaban J connectivity index is -0.000000218. The number of hydrogen-bond acceptors (Lipinski definition) is 6. The second kappa shape index (κ2) is 24.7.